The number of hydrogen-bond acceptors (Lipinski definition) is 6. The minimum atomic E-state index is -0.880. The second-order valence-corrected chi connectivity index (χ2v) is 8.63. The van der Waals surface area contributed by atoms with E-state index < -0.39 is 17.7 Å². The van der Waals surface area contributed by atoms with Crippen molar-refractivity contribution in [3.63, 3.8) is 0 Å². The largest absolute Gasteiger partial charge is 0.481 e. The van der Waals surface area contributed by atoms with Crippen LogP contribution in [0.25, 0.3) is 0 Å². The Balaban J connectivity index is 1.85. The van der Waals surface area contributed by atoms with Gasteiger partial charge in [0.05, 0.1) is 13.0 Å². The van der Waals surface area contributed by atoms with Gasteiger partial charge in [-0.1, -0.05) is 50.1 Å². The monoisotopic (exact) mass is 395 g/mol. The highest BCUT2D eigenvalue weighted by Crippen LogP contribution is 2.31. The van der Waals surface area contributed by atoms with E-state index in [1.165, 1.54) is 32.1 Å². The van der Waals surface area contributed by atoms with Crippen LogP contribution in [0.1, 0.15) is 96.2 Å². The fourth-order valence-corrected chi connectivity index (χ4v) is 3.62. The molecule has 1 aromatic rings. The molecular weight excluding hydrogens is 362 g/mol. The Hall–Kier alpha value is -2.12. The maximum absolute atomic E-state index is 11.7. The fourth-order valence-electron chi connectivity index (χ4n) is 3.62. The Bertz CT molecular complexity index is 632. The number of ether oxygens (including phenoxy) is 1. The second kappa shape index (κ2) is 10.4. The molecule has 8 heteroatoms. The molecule has 1 amide bonds. The number of carboxylic acids is 1. The number of carbonyl (C=O) groups excluding carboxylic acids is 1. The lowest BCUT2D eigenvalue weighted by atomic mass is 9.84. The van der Waals surface area contributed by atoms with Crippen LogP contribution in [-0.4, -0.2) is 32.9 Å². The molecule has 158 valence electrons. The average molecular weight is 396 g/mol. The minimum Gasteiger partial charge on any atom is -0.481 e. The van der Waals surface area contributed by atoms with Gasteiger partial charge in [0.25, 0.3) is 0 Å². The van der Waals surface area contributed by atoms with Crippen LogP contribution in [0.2, 0.25) is 0 Å². The first kappa shape index (κ1) is 22.2. The summed E-state index contributed by atoms with van der Waals surface area (Å²) in [5.74, 6) is 0.212. The fraction of sp³-hybridized carbons (Fsp3) is 0.800. The molecule has 0 unspecified atom stereocenters. The summed E-state index contributed by atoms with van der Waals surface area (Å²) in [6.07, 6.45) is 8.70. The van der Waals surface area contributed by atoms with Crippen LogP contribution in [0.4, 0.5) is 4.79 Å². The molecule has 8 nitrogen and oxygen atoms in total. The number of carbonyl (C=O) groups is 2. The van der Waals surface area contributed by atoms with Crippen molar-refractivity contribution in [1.29, 1.82) is 0 Å². The molecule has 1 aliphatic carbocycles. The summed E-state index contributed by atoms with van der Waals surface area (Å²) in [6, 6.07) is 0. The zero-order valence-electron chi connectivity index (χ0n) is 17.2. The Morgan fingerprint density at radius 2 is 2.00 bits per heavy atom. The van der Waals surface area contributed by atoms with E-state index in [4.69, 9.17) is 9.26 Å². The van der Waals surface area contributed by atoms with Crippen molar-refractivity contribution in [3.05, 3.63) is 11.7 Å². The van der Waals surface area contributed by atoms with Gasteiger partial charge in [0.15, 0.2) is 5.82 Å². The highest BCUT2D eigenvalue weighted by molar-refractivity contribution is 5.68. The summed E-state index contributed by atoms with van der Waals surface area (Å²) >= 11 is 0. The number of aromatic nitrogens is 2. The van der Waals surface area contributed by atoms with E-state index >= 15 is 0 Å². The smallest absolute Gasteiger partial charge is 0.408 e. The quantitative estimate of drug-likeness (QED) is 0.636. The molecule has 0 spiro atoms. The second-order valence-electron chi connectivity index (χ2n) is 8.63. The maximum atomic E-state index is 11.7. The molecule has 2 N–H and O–H groups in total. The lowest BCUT2D eigenvalue weighted by Gasteiger charge is -2.21. The Morgan fingerprint density at radius 1 is 1.29 bits per heavy atom. The Morgan fingerprint density at radius 3 is 2.64 bits per heavy atom. The van der Waals surface area contributed by atoms with Gasteiger partial charge >= 0.3 is 12.1 Å². The van der Waals surface area contributed by atoms with Crippen LogP contribution in [0, 0.1) is 5.92 Å². The molecule has 1 fully saturated rings. The molecule has 1 aromatic heterocycles. The summed E-state index contributed by atoms with van der Waals surface area (Å²) in [7, 11) is 0. The van der Waals surface area contributed by atoms with Gasteiger partial charge in [-0.2, -0.15) is 4.98 Å². The number of rotatable bonds is 9. The molecule has 0 radical (unpaired) electrons. The number of carboxylic acid groups (broad SMARTS) is 1. The molecule has 1 saturated carbocycles. The summed E-state index contributed by atoms with van der Waals surface area (Å²) in [4.78, 5) is 27.2. The molecule has 28 heavy (non-hydrogen) atoms. The van der Waals surface area contributed by atoms with Gasteiger partial charge in [-0.05, 0) is 33.1 Å². The van der Waals surface area contributed by atoms with Crippen LogP contribution in [0.15, 0.2) is 4.52 Å². The predicted octanol–water partition coefficient (Wildman–Crippen LogP) is 4.40. The number of amides is 1. The Kier molecular flexibility index (Phi) is 8.26. The normalized spacial score (nSPS) is 16.5. The number of nitrogens with one attached hydrogen (secondary N) is 1. The molecule has 0 aromatic carbocycles. The van der Waals surface area contributed by atoms with Gasteiger partial charge in [-0.25, -0.2) is 4.79 Å². The first-order chi connectivity index (χ1) is 13.2. The molecule has 0 bridgehead atoms. The molecule has 0 aliphatic heterocycles. The number of aliphatic carboxylic acids is 1. The summed E-state index contributed by atoms with van der Waals surface area (Å²) in [5, 5.41) is 15.7. The Labute approximate surface area is 166 Å². The van der Waals surface area contributed by atoms with Gasteiger partial charge in [0.1, 0.15) is 5.60 Å². The maximum Gasteiger partial charge on any atom is 0.408 e. The van der Waals surface area contributed by atoms with E-state index in [0.717, 1.165) is 18.8 Å². The van der Waals surface area contributed by atoms with E-state index in [2.05, 4.69) is 15.5 Å². The summed E-state index contributed by atoms with van der Waals surface area (Å²) in [5.41, 5.74) is -0.586. The van der Waals surface area contributed by atoms with Crippen molar-refractivity contribution in [3.8, 4) is 0 Å². The van der Waals surface area contributed by atoms with Crippen LogP contribution < -0.4 is 5.32 Å². The van der Waals surface area contributed by atoms with E-state index in [1.54, 1.807) is 20.8 Å². The topological polar surface area (TPSA) is 115 Å². The van der Waals surface area contributed by atoms with Gasteiger partial charge < -0.3 is 19.7 Å². The lowest BCUT2D eigenvalue weighted by Crippen LogP contribution is -2.32. The van der Waals surface area contributed by atoms with Crippen LogP contribution >= 0.6 is 0 Å². The zero-order chi connectivity index (χ0) is 20.6. The van der Waals surface area contributed by atoms with E-state index in [1.807, 2.05) is 0 Å². The molecular formula is C20H33N3O5. The van der Waals surface area contributed by atoms with Crippen LogP contribution in [0.3, 0.4) is 0 Å². The van der Waals surface area contributed by atoms with Crippen molar-refractivity contribution in [2.45, 2.75) is 96.6 Å². The van der Waals surface area contributed by atoms with Crippen molar-refractivity contribution in [2.75, 3.05) is 0 Å². The summed E-state index contributed by atoms with van der Waals surface area (Å²) in [6.45, 7) is 5.41. The molecule has 1 atom stereocenters. The van der Waals surface area contributed by atoms with Gasteiger partial charge in [-0.3, -0.25) is 4.79 Å². The highest BCUT2D eigenvalue weighted by atomic mass is 16.6. The molecule has 1 heterocycles. The third-order valence-corrected chi connectivity index (χ3v) is 4.93. The van der Waals surface area contributed by atoms with Crippen molar-refractivity contribution in [1.82, 2.24) is 15.5 Å². The predicted molar refractivity (Wildman–Crippen MR) is 103 cm³/mol. The zero-order valence-corrected chi connectivity index (χ0v) is 17.2. The van der Waals surface area contributed by atoms with E-state index in [9.17, 15) is 14.7 Å². The van der Waals surface area contributed by atoms with E-state index in [-0.39, 0.29) is 18.9 Å². The van der Waals surface area contributed by atoms with Crippen molar-refractivity contribution in [2.24, 2.45) is 5.92 Å². The number of hydrogen-bond donors (Lipinski definition) is 2. The van der Waals surface area contributed by atoms with Gasteiger partial charge in [0.2, 0.25) is 5.89 Å². The standard InChI is InChI=1S/C20H33N3O5/c1-20(2,3)27-19(26)21-13-16-22-18(28-23-16)15(12-17(24)25)11-7-10-14-8-5-4-6-9-14/h14-15H,4-13H2,1-3H3,(H,21,26)(H,24,25)/t15-/m1/s1. The summed E-state index contributed by atoms with van der Waals surface area (Å²) < 4.78 is 10.4. The minimum absolute atomic E-state index is 0.0359. The number of nitrogens with zero attached hydrogens (tertiary/aromatic N) is 2. The molecule has 1 aliphatic rings. The first-order valence-electron chi connectivity index (χ1n) is 10.2. The highest BCUT2D eigenvalue weighted by Gasteiger charge is 2.23. The SMILES string of the molecule is CC(C)(C)OC(=O)NCc1noc([C@H](CCCC2CCCCC2)CC(=O)O)n1. The first-order valence-corrected chi connectivity index (χ1v) is 10.2. The third kappa shape index (κ3) is 8.27. The van der Waals surface area contributed by atoms with Crippen molar-refractivity contribution >= 4 is 12.1 Å². The van der Waals surface area contributed by atoms with E-state index in [0.29, 0.717) is 18.1 Å². The molecule has 0 saturated heterocycles. The molecule has 2 rings (SSSR count). The van der Waals surface area contributed by atoms with Gasteiger partial charge in [0, 0.05) is 5.92 Å². The van der Waals surface area contributed by atoms with Crippen LogP contribution in [-0.2, 0) is 16.1 Å². The lowest BCUT2D eigenvalue weighted by molar-refractivity contribution is -0.137. The van der Waals surface area contributed by atoms with Crippen molar-refractivity contribution < 1.29 is 24.0 Å². The van der Waals surface area contributed by atoms with Gasteiger partial charge in [-0.15, -0.1) is 0 Å². The number of alkyl carbamates (subject to hydrolysis) is 1. The average Bonchev–Trinajstić information content (AvgIpc) is 3.07. The van der Waals surface area contributed by atoms with Crippen LogP contribution in [0.5, 0.6) is 0 Å². The third-order valence-electron chi connectivity index (χ3n) is 4.93.